The van der Waals surface area contributed by atoms with E-state index in [0.29, 0.717) is 5.56 Å². The lowest BCUT2D eigenvalue weighted by atomic mass is 9.98. The smallest absolute Gasteiger partial charge is 0.0991 e. The highest BCUT2D eigenvalue weighted by molar-refractivity contribution is 5.92. The molecule has 0 fully saturated rings. The molecule has 0 N–H and O–H groups in total. The summed E-state index contributed by atoms with van der Waals surface area (Å²) in [7, 11) is 2.12. The first kappa shape index (κ1) is 15.2. The van der Waals surface area contributed by atoms with Crippen molar-refractivity contribution in [3.05, 3.63) is 95.6 Å². The molecule has 4 aromatic rings. The summed E-state index contributed by atoms with van der Waals surface area (Å²) in [6.07, 6.45) is 0.886. The molecule has 25 heavy (non-hydrogen) atoms. The second kappa shape index (κ2) is 6.30. The van der Waals surface area contributed by atoms with Gasteiger partial charge in [0, 0.05) is 24.4 Å². The van der Waals surface area contributed by atoms with Crippen LogP contribution in [0.1, 0.15) is 16.7 Å². The first-order valence-electron chi connectivity index (χ1n) is 8.38. The van der Waals surface area contributed by atoms with E-state index in [1.54, 1.807) is 0 Å². The van der Waals surface area contributed by atoms with Crippen LogP contribution in [-0.2, 0) is 13.5 Å². The van der Waals surface area contributed by atoms with E-state index >= 15 is 0 Å². The number of rotatable bonds is 3. The lowest BCUT2D eigenvalue weighted by molar-refractivity contribution is 0.968. The Morgan fingerprint density at radius 3 is 2.24 bits per heavy atom. The SMILES string of the molecule is Cn1c(-c2ccc(C#N)cc2)c(Cc2ccccc2)c2ccccc21. The molecule has 0 bridgehead atoms. The van der Waals surface area contributed by atoms with Gasteiger partial charge in [-0.15, -0.1) is 0 Å². The maximum absolute atomic E-state index is 9.06. The molecule has 0 aliphatic heterocycles. The fourth-order valence-electron chi connectivity index (χ4n) is 3.52. The Hall–Kier alpha value is -3.31. The van der Waals surface area contributed by atoms with Crippen molar-refractivity contribution in [3.8, 4) is 17.3 Å². The summed E-state index contributed by atoms with van der Waals surface area (Å²) < 4.78 is 2.26. The van der Waals surface area contributed by atoms with Crippen LogP contribution >= 0.6 is 0 Å². The maximum Gasteiger partial charge on any atom is 0.0991 e. The monoisotopic (exact) mass is 322 g/mol. The van der Waals surface area contributed by atoms with Gasteiger partial charge in [-0.3, -0.25) is 0 Å². The zero-order valence-corrected chi connectivity index (χ0v) is 14.1. The summed E-state index contributed by atoms with van der Waals surface area (Å²) in [6.45, 7) is 0. The lowest BCUT2D eigenvalue weighted by Gasteiger charge is -2.09. The number of benzene rings is 3. The fraction of sp³-hybridized carbons (Fsp3) is 0.0870. The highest BCUT2D eigenvalue weighted by atomic mass is 14.9. The molecule has 0 unspecified atom stereocenters. The van der Waals surface area contributed by atoms with Crippen LogP contribution in [0, 0.1) is 11.3 Å². The van der Waals surface area contributed by atoms with Gasteiger partial charge >= 0.3 is 0 Å². The van der Waals surface area contributed by atoms with Crippen LogP contribution in [-0.4, -0.2) is 4.57 Å². The Morgan fingerprint density at radius 2 is 1.52 bits per heavy atom. The van der Waals surface area contributed by atoms with E-state index in [2.05, 4.69) is 66.2 Å². The Labute approximate surface area is 147 Å². The van der Waals surface area contributed by atoms with Crippen molar-refractivity contribution in [3.63, 3.8) is 0 Å². The minimum absolute atomic E-state index is 0.687. The number of aryl methyl sites for hydroxylation is 1. The van der Waals surface area contributed by atoms with Crippen molar-refractivity contribution in [1.82, 2.24) is 4.57 Å². The fourth-order valence-corrected chi connectivity index (χ4v) is 3.52. The average Bonchev–Trinajstić information content (AvgIpc) is 2.95. The molecule has 1 aromatic heterocycles. The molecular weight excluding hydrogens is 304 g/mol. The predicted molar refractivity (Wildman–Crippen MR) is 102 cm³/mol. The van der Waals surface area contributed by atoms with Crippen LogP contribution in [0.3, 0.4) is 0 Å². The van der Waals surface area contributed by atoms with Crippen LogP contribution in [0.2, 0.25) is 0 Å². The molecule has 1 heterocycles. The third-order valence-electron chi connectivity index (χ3n) is 4.72. The third-order valence-corrected chi connectivity index (χ3v) is 4.72. The summed E-state index contributed by atoms with van der Waals surface area (Å²) in [5, 5.41) is 10.3. The minimum Gasteiger partial charge on any atom is -0.343 e. The van der Waals surface area contributed by atoms with E-state index < -0.39 is 0 Å². The van der Waals surface area contributed by atoms with Gasteiger partial charge in [0.05, 0.1) is 17.3 Å². The average molecular weight is 322 g/mol. The first-order valence-corrected chi connectivity index (χ1v) is 8.38. The Bertz CT molecular complexity index is 1060. The van der Waals surface area contributed by atoms with E-state index in [4.69, 9.17) is 5.26 Å². The van der Waals surface area contributed by atoms with Gasteiger partial charge in [-0.25, -0.2) is 0 Å². The quantitative estimate of drug-likeness (QED) is 0.502. The number of fused-ring (bicyclic) bond motifs is 1. The van der Waals surface area contributed by atoms with Crippen molar-refractivity contribution < 1.29 is 0 Å². The summed E-state index contributed by atoms with van der Waals surface area (Å²) >= 11 is 0. The molecule has 4 rings (SSSR count). The Balaban J connectivity index is 1.94. The van der Waals surface area contributed by atoms with Crippen LogP contribution in [0.5, 0.6) is 0 Å². The van der Waals surface area contributed by atoms with Gasteiger partial charge in [0.15, 0.2) is 0 Å². The molecule has 0 saturated heterocycles. The highest BCUT2D eigenvalue weighted by Crippen LogP contribution is 2.34. The molecular formula is C23H18N2. The minimum atomic E-state index is 0.687. The summed E-state index contributed by atoms with van der Waals surface area (Å²) in [6, 6.07) is 29.2. The molecule has 0 spiro atoms. The van der Waals surface area contributed by atoms with Crippen molar-refractivity contribution in [2.75, 3.05) is 0 Å². The molecule has 0 aliphatic carbocycles. The molecule has 2 heteroatoms. The number of nitrogens with zero attached hydrogens (tertiary/aromatic N) is 2. The first-order chi connectivity index (χ1) is 12.3. The molecule has 0 atom stereocenters. The second-order valence-corrected chi connectivity index (χ2v) is 6.25. The van der Waals surface area contributed by atoms with Gasteiger partial charge in [0.1, 0.15) is 0 Å². The van der Waals surface area contributed by atoms with E-state index in [9.17, 15) is 0 Å². The highest BCUT2D eigenvalue weighted by Gasteiger charge is 2.16. The van der Waals surface area contributed by atoms with E-state index in [1.165, 1.54) is 27.7 Å². The van der Waals surface area contributed by atoms with E-state index in [0.717, 1.165) is 12.0 Å². The third kappa shape index (κ3) is 2.70. The summed E-state index contributed by atoms with van der Waals surface area (Å²) in [4.78, 5) is 0. The molecule has 0 saturated carbocycles. The van der Waals surface area contributed by atoms with Crippen molar-refractivity contribution >= 4 is 10.9 Å². The zero-order valence-electron chi connectivity index (χ0n) is 14.1. The van der Waals surface area contributed by atoms with Crippen molar-refractivity contribution in [2.24, 2.45) is 7.05 Å². The largest absolute Gasteiger partial charge is 0.343 e. The molecule has 3 aromatic carbocycles. The Morgan fingerprint density at radius 1 is 0.840 bits per heavy atom. The second-order valence-electron chi connectivity index (χ2n) is 6.25. The van der Waals surface area contributed by atoms with Gasteiger partial charge in [0.2, 0.25) is 0 Å². The Kier molecular flexibility index (Phi) is 3.84. The number of nitriles is 1. The normalized spacial score (nSPS) is 10.7. The number of para-hydroxylation sites is 1. The van der Waals surface area contributed by atoms with Crippen molar-refractivity contribution in [1.29, 1.82) is 5.26 Å². The number of hydrogen-bond donors (Lipinski definition) is 0. The number of hydrogen-bond acceptors (Lipinski definition) is 1. The van der Waals surface area contributed by atoms with Crippen LogP contribution in [0.25, 0.3) is 22.2 Å². The molecule has 0 radical (unpaired) electrons. The van der Waals surface area contributed by atoms with Gasteiger partial charge in [-0.1, -0.05) is 60.7 Å². The van der Waals surface area contributed by atoms with E-state index in [1.807, 2.05) is 30.3 Å². The lowest BCUT2D eigenvalue weighted by Crippen LogP contribution is -1.95. The number of aromatic nitrogens is 1. The van der Waals surface area contributed by atoms with Crippen LogP contribution < -0.4 is 0 Å². The molecule has 120 valence electrons. The molecule has 0 aliphatic rings. The van der Waals surface area contributed by atoms with Gasteiger partial charge in [0.25, 0.3) is 0 Å². The van der Waals surface area contributed by atoms with E-state index in [-0.39, 0.29) is 0 Å². The summed E-state index contributed by atoms with van der Waals surface area (Å²) in [5.74, 6) is 0. The standard InChI is InChI=1S/C23H18N2/c1-25-22-10-6-5-9-20(22)21(15-17-7-3-2-4-8-17)23(25)19-13-11-18(16-24)12-14-19/h2-14H,15H2,1H3. The van der Waals surface area contributed by atoms with Crippen LogP contribution in [0.4, 0.5) is 0 Å². The zero-order chi connectivity index (χ0) is 17.2. The van der Waals surface area contributed by atoms with Gasteiger partial charge < -0.3 is 4.57 Å². The predicted octanol–water partition coefficient (Wildman–Crippen LogP) is 5.31. The topological polar surface area (TPSA) is 28.7 Å². The molecule has 2 nitrogen and oxygen atoms in total. The summed E-state index contributed by atoms with van der Waals surface area (Å²) in [5.41, 5.74) is 6.90. The van der Waals surface area contributed by atoms with Gasteiger partial charge in [-0.05, 0) is 34.9 Å². The maximum atomic E-state index is 9.06. The van der Waals surface area contributed by atoms with Crippen LogP contribution in [0.15, 0.2) is 78.9 Å². The van der Waals surface area contributed by atoms with Gasteiger partial charge in [-0.2, -0.15) is 5.26 Å². The molecule has 0 amide bonds. The van der Waals surface area contributed by atoms with Crippen molar-refractivity contribution in [2.45, 2.75) is 6.42 Å².